The van der Waals surface area contributed by atoms with Gasteiger partial charge in [-0.1, -0.05) is 42.4 Å². The Morgan fingerprint density at radius 2 is 2.00 bits per heavy atom. The summed E-state index contributed by atoms with van der Waals surface area (Å²) in [5.74, 6) is -0.888. The summed E-state index contributed by atoms with van der Waals surface area (Å²) in [5.41, 5.74) is 1.99. The van der Waals surface area contributed by atoms with E-state index < -0.39 is 12.3 Å². The molecule has 8 heteroatoms. The Balaban J connectivity index is 2.33. The van der Waals surface area contributed by atoms with E-state index in [4.69, 9.17) is 4.52 Å². The minimum absolute atomic E-state index is 0.0760. The summed E-state index contributed by atoms with van der Waals surface area (Å²) in [7, 11) is 0. The Labute approximate surface area is 117 Å². The van der Waals surface area contributed by atoms with Gasteiger partial charge in [0.05, 0.1) is 0 Å². The van der Waals surface area contributed by atoms with Crippen molar-refractivity contribution >= 4 is 5.91 Å². The van der Waals surface area contributed by atoms with E-state index >= 15 is 0 Å². The van der Waals surface area contributed by atoms with Crippen LogP contribution in [0.2, 0.25) is 0 Å². The van der Waals surface area contributed by atoms with E-state index in [0.29, 0.717) is 12.0 Å². The molecular weight excluding hydrogens is 289 g/mol. The molecule has 0 aliphatic carbocycles. The highest BCUT2D eigenvalue weighted by Gasteiger charge is 2.32. The largest absolute Gasteiger partial charge is 0.543 e. The van der Waals surface area contributed by atoms with Crippen LogP contribution < -0.4 is 5.48 Å². The zero-order valence-electron chi connectivity index (χ0n) is 10.9. The predicted octanol–water partition coefficient (Wildman–Crippen LogP) is 3.09. The number of amides is 1. The standard InChI is InChI=1S/C13H11F3N2O3/c1-2-9-10(12(19)18-21-13(14,15)16)11(17-20-9)8-6-4-3-5-7-8/h3-7H,2H2,1H3,(H,18,19). The highest BCUT2D eigenvalue weighted by Crippen LogP contribution is 2.26. The van der Waals surface area contributed by atoms with Crippen LogP contribution in [-0.2, 0) is 11.3 Å². The number of aromatic nitrogens is 1. The van der Waals surface area contributed by atoms with Gasteiger partial charge in [-0.2, -0.15) is 4.84 Å². The van der Waals surface area contributed by atoms with E-state index in [0.717, 1.165) is 0 Å². The number of aryl methyl sites for hydroxylation is 1. The molecule has 0 bridgehead atoms. The van der Waals surface area contributed by atoms with Crippen molar-refractivity contribution < 1.29 is 27.3 Å². The molecule has 0 atom stereocenters. The van der Waals surface area contributed by atoms with Crippen LogP contribution in [0.1, 0.15) is 23.0 Å². The molecule has 1 aromatic heterocycles. The summed E-state index contributed by atoms with van der Waals surface area (Å²) < 4.78 is 41.0. The second-order valence-corrected chi connectivity index (χ2v) is 4.03. The third kappa shape index (κ3) is 3.60. The van der Waals surface area contributed by atoms with Crippen LogP contribution in [0.3, 0.4) is 0 Å². The maximum Gasteiger partial charge on any atom is 0.543 e. The first-order valence-corrected chi connectivity index (χ1v) is 6.01. The lowest BCUT2D eigenvalue weighted by atomic mass is 10.0. The van der Waals surface area contributed by atoms with Gasteiger partial charge in [0.25, 0.3) is 5.91 Å². The molecular formula is C13H11F3N2O3. The van der Waals surface area contributed by atoms with Crippen molar-refractivity contribution in [3.05, 3.63) is 41.7 Å². The van der Waals surface area contributed by atoms with Crippen molar-refractivity contribution in [2.75, 3.05) is 0 Å². The molecule has 2 rings (SSSR count). The Kier molecular flexibility index (Phi) is 4.27. The minimum Gasteiger partial charge on any atom is -0.360 e. The number of carbonyl (C=O) groups excluding carboxylic acids is 1. The van der Waals surface area contributed by atoms with E-state index in [1.54, 1.807) is 37.3 Å². The number of nitrogens with one attached hydrogen (secondary N) is 1. The molecule has 21 heavy (non-hydrogen) atoms. The van der Waals surface area contributed by atoms with E-state index in [2.05, 4.69) is 9.99 Å². The van der Waals surface area contributed by atoms with Crippen molar-refractivity contribution in [2.45, 2.75) is 19.7 Å². The summed E-state index contributed by atoms with van der Waals surface area (Å²) in [5, 5.41) is 3.75. The molecule has 112 valence electrons. The van der Waals surface area contributed by atoms with Gasteiger partial charge in [0.2, 0.25) is 0 Å². The van der Waals surface area contributed by atoms with E-state index in [-0.39, 0.29) is 17.0 Å². The van der Waals surface area contributed by atoms with Crippen LogP contribution >= 0.6 is 0 Å². The molecule has 0 aliphatic rings. The van der Waals surface area contributed by atoms with Gasteiger partial charge in [0.1, 0.15) is 17.0 Å². The van der Waals surface area contributed by atoms with Crippen molar-refractivity contribution in [3.63, 3.8) is 0 Å². The van der Waals surface area contributed by atoms with Gasteiger partial charge in [-0.3, -0.25) is 4.79 Å². The zero-order chi connectivity index (χ0) is 15.5. The Hall–Kier alpha value is -2.35. The highest BCUT2D eigenvalue weighted by atomic mass is 19.4. The lowest BCUT2D eigenvalue weighted by Gasteiger charge is -2.08. The topological polar surface area (TPSA) is 64.4 Å². The fourth-order valence-corrected chi connectivity index (χ4v) is 1.75. The Morgan fingerprint density at radius 1 is 1.33 bits per heavy atom. The molecule has 1 amide bonds. The zero-order valence-corrected chi connectivity index (χ0v) is 10.9. The summed E-state index contributed by atoms with van der Waals surface area (Å²) in [6.45, 7) is 1.69. The maximum atomic E-state index is 12.0. The van der Waals surface area contributed by atoms with Gasteiger partial charge in [0, 0.05) is 12.0 Å². The lowest BCUT2D eigenvalue weighted by molar-refractivity contribution is -0.343. The normalized spacial score (nSPS) is 11.4. The van der Waals surface area contributed by atoms with Crippen molar-refractivity contribution in [1.29, 1.82) is 0 Å². The van der Waals surface area contributed by atoms with Crippen molar-refractivity contribution in [1.82, 2.24) is 10.6 Å². The van der Waals surface area contributed by atoms with E-state index in [1.165, 1.54) is 5.48 Å². The third-order valence-electron chi connectivity index (χ3n) is 2.62. The SMILES string of the molecule is CCc1onc(-c2ccccc2)c1C(=O)NOC(F)(F)F. The van der Waals surface area contributed by atoms with Gasteiger partial charge >= 0.3 is 6.36 Å². The highest BCUT2D eigenvalue weighted by molar-refractivity contribution is 6.00. The molecule has 0 saturated heterocycles. The molecule has 0 spiro atoms. The van der Waals surface area contributed by atoms with Gasteiger partial charge in [-0.15, -0.1) is 13.2 Å². The number of halogens is 3. The number of alkyl halides is 3. The Morgan fingerprint density at radius 3 is 2.57 bits per heavy atom. The average molecular weight is 300 g/mol. The number of rotatable bonds is 4. The van der Waals surface area contributed by atoms with Crippen molar-refractivity contribution in [3.8, 4) is 11.3 Å². The first-order chi connectivity index (χ1) is 9.92. The molecule has 2 aromatic rings. The number of carbonyl (C=O) groups is 1. The van der Waals surface area contributed by atoms with Gasteiger partial charge < -0.3 is 4.52 Å². The van der Waals surface area contributed by atoms with Crippen LogP contribution in [0.4, 0.5) is 13.2 Å². The first-order valence-electron chi connectivity index (χ1n) is 6.01. The summed E-state index contributed by atoms with van der Waals surface area (Å²) in [6, 6.07) is 8.52. The molecule has 0 unspecified atom stereocenters. The molecule has 1 aromatic carbocycles. The number of hydroxylamine groups is 1. The second-order valence-electron chi connectivity index (χ2n) is 4.03. The maximum absolute atomic E-state index is 12.0. The lowest BCUT2D eigenvalue weighted by Crippen LogP contribution is -2.31. The molecule has 1 N–H and O–H groups in total. The number of hydrogen-bond acceptors (Lipinski definition) is 4. The number of hydrogen-bond donors (Lipinski definition) is 1. The number of nitrogens with zero attached hydrogens (tertiary/aromatic N) is 1. The van der Waals surface area contributed by atoms with Crippen LogP contribution in [0.15, 0.2) is 34.9 Å². The van der Waals surface area contributed by atoms with E-state index in [9.17, 15) is 18.0 Å². The second kappa shape index (κ2) is 5.96. The Bertz CT molecular complexity index is 623. The van der Waals surface area contributed by atoms with Gasteiger partial charge in [0.15, 0.2) is 0 Å². The quantitative estimate of drug-likeness (QED) is 0.881. The predicted molar refractivity (Wildman–Crippen MR) is 65.9 cm³/mol. The molecule has 0 saturated carbocycles. The molecule has 0 aliphatic heterocycles. The fourth-order valence-electron chi connectivity index (χ4n) is 1.75. The fraction of sp³-hybridized carbons (Fsp3) is 0.231. The van der Waals surface area contributed by atoms with Crippen LogP contribution in [0, 0.1) is 0 Å². The van der Waals surface area contributed by atoms with Crippen LogP contribution in [-0.4, -0.2) is 17.4 Å². The van der Waals surface area contributed by atoms with Crippen LogP contribution in [0.5, 0.6) is 0 Å². The first kappa shape index (κ1) is 15.0. The molecule has 5 nitrogen and oxygen atoms in total. The molecule has 0 radical (unpaired) electrons. The van der Waals surface area contributed by atoms with E-state index in [1.807, 2.05) is 0 Å². The minimum atomic E-state index is -4.97. The van der Waals surface area contributed by atoms with Gasteiger partial charge in [-0.05, 0) is 0 Å². The van der Waals surface area contributed by atoms with Crippen molar-refractivity contribution in [2.24, 2.45) is 0 Å². The average Bonchev–Trinajstić information content (AvgIpc) is 2.89. The molecule has 1 heterocycles. The third-order valence-corrected chi connectivity index (χ3v) is 2.62. The smallest absolute Gasteiger partial charge is 0.360 e. The molecule has 0 fully saturated rings. The number of benzene rings is 1. The summed E-state index contributed by atoms with van der Waals surface area (Å²) in [6.07, 6.45) is -4.67. The van der Waals surface area contributed by atoms with Gasteiger partial charge in [-0.25, -0.2) is 5.48 Å². The summed E-state index contributed by atoms with van der Waals surface area (Å²) >= 11 is 0. The summed E-state index contributed by atoms with van der Waals surface area (Å²) in [4.78, 5) is 15.2. The monoisotopic (exact) mass is 300 g/mol. The van der Waals surface area contributed by atoms with Crippen LogP contribution in [0.25, 0.3) is 11.3 Å².